The number of hydrogen-bond acceptors (Lipinski definition) is 5. The Bertz CT molecular complexity index is 569. The summed E-state index contributed by atoms with van der Waals surface area (Å²) in [5, 5.41) is 7.05. The lowest BCUT2D eigenvalue weighted by Crippen LogP contribution is -2.38. The molecule has 2 aromatic rings. The van der Waals surface area contributed by atoms with Gasteiger partial charge in [0.15, 0.2) is 5.65 Å². The topological polar surface area (TPSA) is 94.5 Å². The van der Waals surface area contributed by atoms with E-state index in [9.17, 15) is 4.79 Å². The third-order valence-electron chi connectivity index (χ3n) is 2.54. The van der Waals surface area contributed by atoms with E-state index in [0.717, 1.165) is 0 Å². The zero-order valence-electron chi connectivity index (χ0n) is 11.8. The third kappa shape index (κ3) is 3.45. The number of nitrogens with zero attached hydrogens (tertiary/aromatic N) is 3. The summed E-state index contributed by atoms with van der Waals surface area (Å²) in [5.74, 6) is 0. The van der Waals surface area contributed by atoms with Gasteiger partial charge in [-0.2, -0.15) is 5.10 Å². The first-order valence-corrected chi connectivity index (χ1v) is 6.39. The van der Waals surface area contributed by atoms with Gasteiger partial charge in [0.05, 0.1) is 11.7 Å². The number of alkyl carbamates (subject to hydrolysis) is 1. The Balaban J connectivity index is 2.13. The van der Waals surface area contributed by atoms with Crippen LogP contribution in [0.1, 0.15) is 32.5 Å². The molecule has 0 aliphatic carbocycles. The molecule has 2 aromatic heterocycles. The van der Waals surface area contributed by atoms with E-state index in [2.05, 4.69) is 15.4 Å². The number of hydrogen-bond donors (Lipinski definition) is 2. The number of rotatable bonds is 3. The number of carbonyl (C=O) groups excluding carboxylic acids is 1. The molecule has 108 valence electrons. The molecular formula is C13H19N5O2. The van der Waals surface area contributed by atoms with Gasteiger partial charge in [-0.25, -0.2) is 14.3 Å². The summed E-state index contributed by atoms with van der Waals surface area (Å²) in [7, 11) is 0. The number of nitrogens with one attached hydrogen (secondary N) is 1. The van der Waals surface area contributed by atoms with Crippen molar-refractivity contribution in [1.29, 1.82) is 0 Å². The fourth-order valence-corrected chi connectivity index (χ4v) is 1.72. The molecular weight excluding hydrogens is 258 g/mol. The minimum atomic E-state index is -0.552. The quantitative estimate of drug-likeness (QED) is 0.880. The van der Waals surface area contributed by atoms with Gasteiger partial charge < -0.3 is 15.8 Å². The first kappa shape index (κ1) is 14.3. The standard InChI is InChI=1S/C13H19N5O2/c1-13(2,3)20-12(19)16-10(8-14)9-7-11-15-5-4-6-18(11)17-9/h4-7,10H,8,14H2,1-3H3,(H,16,19). The summed E-state index contributed by atoms with van der Waals surface area (Å²) in [5.41, 5.74) is 6.50. The van der Waals surface area contributed by atoms with Crippen molar-refractivity contribution >= 4 is 11.7 Å². The molecule has 3 N–H and O–H groups in total. The second kappa shape index (κ2) is 5.46. The van der Waals surface area contributed by atoms with Crippen molar-refractivity contribution in [3.8, 4) is 0 Å². The summed E-state index contributed by atoms with van der Waals surface area (Å²) in [4.78, 5) is 16.0. The van der Waals surface area contributed by atoms with Crippen molar-refractivity contribution in [3.05, 3.63) is 30.2 Å². The van der Waals surface area contributed by atoms with Crippen molar-refractivity contribution in [2.45, 2.75) is 32.4 Å². The van der Waals surface area contributed by atoms with Crippen LogP contribution < -0.4 is 11.1 Å². The third-order valence-corrected chi connectivity index (χ3v) is 2.54. The number of amides is 1. The van der Waals surface area contributed by atoms with Gasteiger partial charge in [-0.15, -0.1) is 0 Å². The second-order valence-electron chi connectivity index (χ2n) is 5.43. The molecule has 0 bridgehead atoms. The molecule has 0 aliphatic heterocycles. The molecule has 7 nitrogen and oxygen atoms in total. The highest BCUT2D eigenvalue weighted by Gasteiger charge is 2.21. The van der Waals surface area contributed by atoms with Gasteiger partial charge in [-0.3, -0.25) is 0 Å². The Kier molecular flexibility index (Phi) is 3.89. The number of fused-ring (bicyclic) bond motifs is 1. The predicted molar refractivity (Wildman–Crippen MR) is 74.2 cm³/mol. The van der Waals surface area contributed by atoms with E-state index in [-0.39, 0.29) is 6.54 Å². The van der Waals surface area contributed by atoms with Crippen LogP contribution >= 0.6 is 0 Å². The van der Waals surface area contributed by atoms with Crippen LogP contribution in [0.5, 0.6) is 0 Å². The number of carbonyl (C=O) groups is 1. The summed E-state index contributed by atoms with van der Waals surface area (Å²) >= 11 is 0. The number of aromatic nitrogens is 3. The van der Waals surface area contributed by atoms with Crippen LogP contribution in [0.25, 0.3) is 5.65 Å². The molecule has 0 saturated carbocycles. The Hall–Kier alpha value is -2.15. The molecule has 0 spiro atoms. The van der Waals surface area contributed by atoms with Crippen LogP contribution in [0.2, 0.25) is 0 Å². The van der Waals surface area contributed by atoms with E-state index in [1.54, 1.807) is 49.8 Å². The monoisotopic (exact) mass is 277 g/mol. The summed E-state index contributed by atoms with van der Waals surface area (Å²) in [6, 6.07) is 3.16. The van der Waals surface area contributed by atoms with E-state index in [1.807, 2.05) is 0 Å². The van der Waals surface area contributed by atoms with Crippen LogP contribution in [0, 0.1) is 0 Å². The Morgan fingerprint density at radius 1 is 1.55 bits per heavy atom. The number of ether oxygens (including phenoxy) is 1. The molecule has 1 amide bonds. The van der Waals surface area contributed by atoms with Gasteiger partial charge in [0.2, 0.25) is 0 Å². The average molecular weight is 277 g/mol. The van der Waals surface area contributed by atoms with E-state index in [0.29, 0.717) is 11.3 Å². The molecule has 0 aromatic carbocycles. The molecule has 1 atom stereocenters. The maximum absolute atomic E-state index is 11.8. The van der Waals surface area contributed by atoms with Gasteiger partial charge in [0.1, 0.15) is 5.60 Å². The largest absolute Gasteiger partial charge is 0.444 e. The molecule has 0 fully saturated rings. The van der Waals surface area contributed by atoms with Crippen LogP contribution in [0.15, 0.2) is 24.5 Å². The van der Waals surface area contributed by atoms with Gasteiger partial charge in [0.25, 0.3) is 0 Å². The molecule has 2 rings (SSSR count). The highest BCUT2D eigenvalue weighted by molar-refractivity contribution is 5.68. The smallest absolute Gasteiger partial charge is 0.408 e. The second-order valence-corrected chi connectivity index (χ2v) is 5.43. The highest BCUT2D eigenvalue weighted by Crippen LogP contribution is 2.13. The van der Waals surface area contributed by atoms with Crippen LogP contribution in [-0.4, -0.2) is 32.8 Å². The van der Waals surface area contributed by atoms with E-state index >= 15 is 0 Å². The molecule has 1 unspecified atom stereocenters. The molecule has 0 aliphatic rings. The summed E-state index contributed by atoms with van der Waals surface area (Å²) in [6.45, 7) is 5.64. The Labute approximate surface area is 117 Å². The summed E-state index contributed by atoms with van der Waals surface area (Å²) < 4.78 is 6.84. The molecule has 2 heterocycles. The molecule has 20 heavy (non-hydrogen) atoms. The average Bonchev–Trinajstić information content (AvgIpc) is 2.77. The zero-order chi connectivity index (χ0) is 14.8. The normalized spacial score (nSPS) is 13.2. The minimum Gasteiger partial charge on any atom is -0.444 e. The fourth-order valence-electron chi connectivity index (χ4n) is 1.72. The number of nitrogens with two attached hydrogens (primary N) is 1. The maximum Gasteiger partial charge on any atom is 0.408 e. The fraction of sp³-hybridized carbons (Fsp3) is 0.462. The van der Waals surface area contributed by atoms with Gasteiger partial charge in [0, 0.05) is 25.0 Å². The lowest BCUT2D eigenvalue weighted by Gasteiger charge is -2.22. The van der Waals surface area contributed by atoms with Gasteiger partial charge in [-0.05, 0) is 26.8 Å². The Morgan fingerprint density at radius 2 is 2.30 bits per heavy atom. The minimum absolute atomic E-state index is 0.225. The van der Waals surface area contributed by atoms with Crippen molar-refractivity contribution in [2.75, 3.05) is 6.54 Å². The van der Waals surface area contributed by atoms with Crippen LogP contribution in [-0.2, 0) is 4.74 Å². The molecule has 0 saturated heterocycles. The lowest BCUT2D eigenvalue weighted by molar-refractivity contribution is 0.0504. The van der Waals surface area contributed by atoms with Gasteiger partial charge >= 0.3 is 6.09 Å². The summed E-state index contributed by atoms with van der Waals surface area (Å²) in [6.07, 6.45) is 2.95. The van der Waals surface area contributed by atoms with E-state index in [4.69, 9.17) is 10.5 Å². The van der Waals surface area contributed by atoms with Crippen LogP contribution in [0.4, 0.5) is 4.79 Å². The zero-order valence-corrected chi connectivity index (χ0v) is 11.8. The first-order valence-electron chi connectivity index (χ1n) is 6.39. The predicted octanol–water partition coefficient (Wildman–Crippen LogP) is 1.25. The lowest BCUT2D eigenvalue weighted by atomic mass is 10.2. The van der Waals surface area contributed by atoms with Crippen molar-refractivity contribution in [3.63, 3.8) is 0 Å². The van der Waals surface area contributed by atoms with Crippen molar-refractivity contribution < 1.29 is 9.53 Å². The molecule has 0 radical (unpaired) electrons. The van der Waals surface area contributed by atoms with Gasteiger partial charge in [-0.1, -0.05) is 0 Å². The van der Waals surface area contributed by atoms with Crippen molar-refractivity contribution in [2.24, 2.45) is 5.73 Å². The maximum atomic E-state index is 11.8. The highest BCUT2D eigenvalue weighted by atomic mass is 16.6. The Morgan fingerprint density at radius 3 is 2.90 bits per heavy atom. The van der Waals surface area contributed by atoms with Crippen LogP contribution in [0.3, 0.4) is 0 Å². The molecule has 7 heteroatoms. The first-order chi connectivity index (χ1) is 9.39. The SMILES string of the molecule is CC(C)(C)OC(=O)NC(CN)c1cc2ncccn2n1. The van der Waals surface area contributed by atoms with Crippen molar-refractivity contribution in [1.82, 2.24) is 19.9 Å². The van der Waals surface area contributed by atoms with E-state index < -0.39 is 17.7 Å². The van der Waals surface area contributed by atoms with E-state index in [1.165, 1.54) is 0 Å².